The van der Waals surface area contributed by atoms with Crippen LogP contribution < -0.4 is 10.6 Å². The van der Waals surface area contributed by atoms with Crippen molar-refractivity contribution in [3.05, 3.63) is 11.9 Å². The Morgan fingerprint density at radius 1 is 1.47 bits per heavy atom. The van der Waals surface area contributed by atoms with E-state index in [4.69, 9.17) is 5.73 Å². The third-order valence-electron chi connectivity index (χ3n) is 2.96. The maximum Gasteiger partial charge on any atom is 0.152 e. The first-order valence-electron chi connectivity index (χ1n) is 5.42. The van der Waals surface area contributed by atoms with Gasteiger partial charge in [0.15, 0.2) is 9.84 Å². The molecule has 2 rings (SSSR count). The molecule has 2 N–H and O–H groups in total. The smallest absolute Gasteiger partial charge is 0.152 e. The van der Waals surface area contributed by atoms with Gasteiger partial charge in [-0.1, -0.05) is 0 Å². The number of nitrogens with zero attached hydrogens (tertiary/aromatic N) is 3. The lowest BCUT2D eigenvalue weighted by atomic mass is 10.2. The first-order valence-corrected chi connectivity index (χ1v) is 7.24. The minimum absolute atomic E-state index is 0.0197. The number of nitrogen functional groups attached to an aromatic ring is 1. The Kier molecular flexibility index (Phi) is 2.94. The lowest BCUT2D eigenvalue weighted by molar-refractivity contribution is 0.600. The SMILES string of the molecule is Cc1nc(N)cc(N(C)C2CCS(=O)(=O)C2)n1. The van der Waals surface area contributed by atoms with Crippen LogP contribution in [0.4, 0.5) is 11.6 Å². The van der Waals surface area contributed by atoms with Gasteiger partial charge in [-0.15, -0.1) is 0 Å². The Morgan fingerprint density at radius 3 is 2.71 bits per heavy atom. The summed E-state index contributed by atoms with van der Waals surface area (Å²) in [5.74, 6) is 2.11. The summed E-state index contributed by atoms with van der Waals surface area (Å²) in [6, 6.07) is 1.64. The van der Waals surface area contributed by atoms with Crippen LogP contribution in [-0.2, 0) is 9.84 Å². The Labute approximate surface area is 101 Å². The topological polar surface area (TPSA) is 89.2 Å². The zero-order valence-corrected chi connectivity index (χ0v) is 10.7. The number of hydrogen-bond donors (Lipinski definition) is 1. The number of aryl methyl sites for hydroxylation is 1. The lowest BCUT2D eigenvalue weighted by Gasteiger charge is -2.24. The molecule has 94 valence electrons. The molecule has 1 atom stereocenters. The summed E-state index contributed by atoms with van der Waals surface area (Å²) in [5, 5.41) is 0. The molecule has 1 aromatic heterocycles. The molecule has 0 spiro atoms. The molecule has 0 radical (unpaired) electrons. The van der Waals surface area contributed by atoms with Gasteiger partial charge in [0.2, 0.25) is 0 Å². The highest BCUT2D eigenvalue weighted by Crippen LogP contribution is 2.22. The normalized spacial score (nSPS) is 22.6. The first-order chi connectivity index (χ1) is 7.87. The quantitative estimate of drug-likeness (QED) is 0.800. The van der Waals surface area contributed by atoms with Crippen LogP contribution in [0.2, 0.25) is 0 Å². The van der Waals surface area contributed by atoms with Crippen LogP contribution in [0.25, 0.3) is 0 Å². The third-order valence-corrected chi connectivity index (χ3v) is 4.71. The van der Waals surface area contributed by atoms with Gasteiger partial charge in [-0.3, -0.25) is 0 Å². The van der Waals surface area contributed by atoms with Gasteiger partial charge >= 0.3 is 0 Å². The Hall–Kier alpha value is -1.37. The van der Waals surface area contributed by atoms with Crippen LogP contribution in [0, 0.1) is 6.92 Å². The van der Waals surface area contributed by atoms with E-state index in [-0.39, 0.29) is 17.5 Å². The molecule has 1 saturated heterocycles. The molecule has 0 bridgehead atoms. The van der Waals surface area contributed by atoms with Crippen molar-refractivity contribution in [3.8, 4) is 0 Å². The summed E-state index contributed by atoms with van der Waals surface area (Å²) in [4.78, 5) is 10.1. The molecule has 7 heteroatoms. The largest absolute Gasteiger partial charge is 0.384 e. The van der Waals surface area contributed by atoms with Gasteiger partial charge in [0.25, 0.3) is 0 Å². The molecular weight excluding hydrogens is 240 g/mol. The van der Waals surface area contributed by atoms with Gasteiger partial charge in [0.1, 0.15) is 17.5 Å². The van der Waals surface area contributed by atoms with Crippen LogP contribution in [0.5, 0.6) is 0 Å². The van der Waals surface area contributed by atoms with Crippen molar-refractivity contribution in [2.45, 2.75) is 19.4 Å². The van der Waals surface area contributed by atoms with Gasteiger partial charge < -0.3 is 10.6 Å². The van der Waals surface area contributed by atoms with E-state index >= 15 is 0 Å². The standard InChI is InChI=1S/C10H16N4O2S/c1-7-12-9(11)5-10(13-7)14(2)8-3-4-17(15,16)6-8/h5,8H,3-4,6H2,1-2H3,(H2,11,12,13). The summed E-state index contributed by atoms with van der Waals surface area (Å²) < 4.78 is 22.9. The van der Waals surface area contributed by atoms with Crippen molar-refractivity contribution in [1.82, 2.24) is 9.97 Å². The number of aromatic nitrogens is 2. The lowest BCUT2D eigenvalue weighted by Crippen LogP contribution is -2.33. The molecule has 0 aliphatic carbocycles. The van der Waals surface area contributed by atoms with Crippen molar-refractivity contribution >= 4 is 21.5 Å². The van der Waals surface area contributed by atoms with Crippen molar-refractivity contribution in [2.24, 2.45) is 0 Å². The van der Waals surface area contributed by atoms with Crippen molar-refractivity contribution in [1.29, 1.82) is 0 Å². The minimum Gasteiger partial charge on any atom is -0.384 e. The molecule has 0 saturated carbocycles. The van der Waals surface area contributed by atoms with Crippen LogP contribution in [0.3, 0.4) is 0 Å². The molecule has 1 fully saturated rings. The number of nitrogens with two attached hydrogens (primary N) is 1. The van der Waals surface area contributed by atoms with E-state index < -0.39 is 9.84 Å². The minimum atomic E-state index is -2.89. The fourth-order valence-corrected chi connectivity index (χ4v) is 3.80. The van der Waals surface area contributed by atoms with E-state index in [1.54, 1.807) is 13.0 Å². The molecule has 6 nitrogen and oxygen atoms in total. The second-order valence-electron chi connectivity index (χ2n) is 4.37. The summed E-state index contributed by atoms with van der Waals surface area (Å²) in [6.07, 6.45) is 0.641. The highest BCUT2D eigenvalue weighted by Gasteiger charge is 2.31. The second-order valence-corrected chi connectivity index (χ2v) is 6.59. The van der Waals surface area contributed by atoms with E-state index in [1.165, 1.54) is 0 Å². The Bertz CT molecular complexity index is 509. The van der Waals surface area contributed by atoms with Gasteiger partial charge in [-0.2, -0.15) is 0 Å². The van der Waals surface area contributed by atoms with E-state index in [2.05, 4.69) is 9.97 Å². The summed E-state index contributed by atoms with van der Waals surface area (Å²) in [7, 11) is -1.05. The molecular formula is C10H16N4O2S. The van der Waals surface area contributed by atoms with Gasteiger partial charge in [0, 0.05) is 19.2 Å². The monoisotopic (exact) mass is 256 g/mol. The fourth-order valence-electron chi connectivity index (χ4n) is 2.02. The zero-order chi connectivity index (χ0) is 12.6. The summed E-state index contributed by atoms with van der Waals surface area (Å²) in [6.45, 7) is 1.76. The average Bonchev–Trinajstić information content (AvgIpc) is 2.56. The molecule has 0 amide bonds. The molecule has 2 heterocycles. The van der Waals surface area contributed by atoms with Crippen molar-refractivity contribution < 1.29 is 8.42 Å². The predicted octanol–water partition coefficient (Wildman–Crippen LogP) is -0.00948. The van der Waals surface area contributed by atoms with Crippen molar-refractivity contribution in [3.63, 3.8) is 0 Å². The average molecular weight is 256 g/mol. The van der Waals surface area contributed by atoms with Crippen LogP contribution in [0.15, 0.2) is 6.07 Å². The molecule has 1 aromatic rings. The maximum absolute atomic E-state index is 11.4. The number of rotatable bonds is 2. The van der Waals surface area contributed by atoms with E-state index in [0.717, 1.165) is 0 Å². The molecule has 1 unspecified atom stereocenters. The van der Waals surface area contributed by atoms with Crippen LogP contribution >= 0.6 is 0 Å². The second kappa shape index (κ2) is 4.14. The van der Waals surface area contributed by atoms with E-state index in [0.29, 0.717) is 23.9 Å². The zero-order valence-electron chi connectivity index (χ0n) is 9.92. The molecule has 0 aromatic carbocycles. The summed E-state index contributed by atoms with van der Waals surface area (Å²) >= 11 is 0. The van der Waals surface area contributed by atoms with Gasteiger partial charge in [0.05, 0.1) is 11.5 Å². The number of hydrogen-bond acceptors (Lipinski definition) is 6. The Morgan fingerprint density at radius 2 is 2.18 bits per heavy atom. The predicted molar refractivity (Wildman–Crippen MR) is 66.6 cm³/mol. The highest BCUT2D eigenvalue weighted by atomic mass is 32.2. The van der Waals surface area contributed by atoms with Crippen LogP contribution in [0.1, 0.15) is 12.2 Å². The molecule has 1 aliphatic rings. The third kappa shape index (κ3) is 2.66. The molecule has 17 heavy (non-hydrogen) atoms. The number of sulfone groups is 1. The fraction of sp³-hybridized carbons (Fsp3) is 0.600. The maximum atomic E-state index is 11.4. The number of anilines is 2. The van der Waals surface area contributed by atoms with E-state index in [9.17, 15) is 8.42 Å². The first kappa shape index (κ1) is 12.1. The van der Waals surface area contributed by atoms with Crippen molar-refractivity contribution in [2.75, 3.05) is 29.2 Å². The van der Waals surface area contributed by atoms with Gasteiger partial charge in [-0.25, -0.2) is 18.4 Å². The summed E-state index contributed by atoms with van der Waals surface area (Å²) in [5.41, 5.74) is 5.65. The van der Waals surface area contributed by atoms with Gasteiger partial charge in [-0.05, 0) is 13.3 Å². The highest BCUT2D eigenvalue weighted by molar-refractivity contribution is 7.91. The van der Waals surface area contributed by atoms with E-state index in [1.807, 2.05) is 11.9 Å². The van der Waals surface area contributed by atoms with Crippen LogP contribution in [-0.4, -0.2) is 43.0 Å². The molecule has 1 aliphatic heterocycles. The Balaban J connectivity index is 2.23.